The first kappa shape index (κ1) is 69.1. The lowest BCUT2D eigenvalue weighted by Crippen LogP contribution is -2.30. The Labute approximate surface area is 447 Å². The molecule has 0 heterocycles. The SMILES string of the molecule is CC/C=C\C/C=C\C/C=C\C/C=C\CCCCCCCCCCCCCCCCCCCCC(=O)OCC(COC(=O)CCCCCCCCCCCCC)OC(=O)CCCCCCC/C=C\CCCCC. The van der Waals surface area contributed by atoms with Crippen LogP contribution in [0.15, 0.2) is 60.8 Å². The fraction of sp³-hybridized carbons (Fsp3) is 0.803. The molecule has 0 aliphatic rings. The lowest BCUT2D eigenvalue weighted by atomic mass is 10.0. The summed E-state index contributed by atoms with van der Waals surface area (Å²) in [5, 5.41) is 0. The summed E-state index contributed by atoms with van der Waals surface area (Å²) in [5.41, 5.74) is 0. The highest BCUT2D eigenvalue weighted by Gasteiger charge is 2.19. The quantitative estimate of drug-likeness (QED) is 0.0261. The minimum atomic E-state index is -0.773. The molecule has 0 aliphatic carbocycles. The Bertz CT molecular complexity index is 1290. The maximum Gasteiger partial charge on any atom is 0.306 e. The van der Waals surface area contributed by atoms with Crippen molar-refractivity contribution in [3.63, 3.8) is 0 Å². The molecule has 6 heteroatoms. The molecule has 0 saturated heterocycles. The molecule has 1 atom stereocenters. The van der Waals surface area contributed by atoms with Crippen molar-refractivity contribution in [3.05, 3.63) is 60.8 Å². The zero-order valence-corrected chi connectivity index (χ0v) is 47.9. The maximum absolute atomic E-state index is 12.8. The first-order valence-corrected chi connectivity index (χ1v) is 31.3. The van der Waals surface area contributed by atoms with Crippen LogP contribution in [0.25, 0.3) is 0 Å². The number of unbranched alkanes of at least 4 members (excludes halogenated alkanes) is 36. The van der Waals surface area contributed by atoms with Gasteiger partial charge >= 0.3 is 17.9 Å². The van der Waals surface area contributed by atoms with E-state index < -0.39 is 6.10 Å². The Morgan fingerprint density at radius 3 is 0.889 bits per heavy atom. The van der Waals surface area contributed by atoms with E-state index in [4.69, 9.17) is 14.2 Å². The third-order valence-corrected chi connectivity index (χ3v) is 13.8. The standard InChI is InChI=1S/C66H118O6/c1-4-7-10-13-16-19-22-24-25-26-27-28-29-30-31-32-33-34-35-36-37-38-39-40-41-42-45-47-50-53-56-59-65(68)71-62-63(61-70-64(67)58-55-52-49-46-43-21-18-15-12-9-6-3)72-66(69)60-57-54-51-48-44-23-20-17-14-11-8-5-2/h7,10,16-17,19-20,24-25,27-28,63H,4-6,8-9,11-15,18,21-23,26,29-62H2,1-3H3/b10-7-,19-16-,20-17-,25-24-,28-27-. The highest BCUT2D eigenvalue weighted by molar-refractivity contribution is 5.71. The molecule has 0 aromatic heterocycles. The normalized spacial score (nSPS) is 12.4. The number of carbonyl (C=O) groups is 3. The van der Waals surface area contributed by atoms with E-state index in [0.717, 1.165) is 89.9 Å². The van der Waals surface area contributed by atoms with Crippen LogP contribution >= 0.6 is 0 Å². The van der Waals surface area contributed by atoms with Gasteiger partial charge in [0.25, 0.3) is 0 Å². The molecule has 72 heavy (non-hydrogen) atoms. The molecule has 0 aliphatic heterocycles. The van der Waals surface area contributed by atoms with Gasteiger partial charge in [-0.1, -0.05) is 281 Å². The second-order valence-electron chi connectivity index (χ2n) is 20.9. The monoisotopic (exact) mass is 1010 g/mol. The average molecular weight is 1010 g/mol. The zero-order valence-electron chi connectivity index (χ0n) is 47.9. The van der Waals surface area contributed by atoms with Crippen LogP contribution in [0.3, 0.4) is 0 Å². The Morgan fingerprint density at radius 2 is 0.542 bits per heavy atom. The molecule has 0 aromatic rings. The van der Waals surface area contributed by atoms with Crippen LogP contribution in [-0.2, 0) is 28.6 Å². The summed E-state index contributed by atoms with van der Waals surface area (Å²) in [4.78, 5) is 38.1. The van der Waals surface area contributed by atoms with Gasteiger partial charge in [-0.25, -0.2) is 0 Å². The number of rotatable bonds is 57. The van der Waals surface area contributed by atoms with Gasteiger partial charge < -0.3 is 14.2 Å². The fourth-order valence-electron chi connectivity index (χ4n) is 9.08. The Morgan fingerprint density at radius 1 is 0.292 bits per heavy atom. The van der Waals surface area contributed by atoms with Crippen molar-refractivity contribution < 1.29 is 28.6 Å². The molecule has 0 aromatic carbocycles. The molecular formula is C66H118O6. The number of hydrogen-bond acceptors (Lipinski definition) is 6. The van der Waals surface area contributed by atoms with Crippen LogP contribution in [0.2, 0.25) is 0 Å². The third kappa shape index (κ3) is 58.0. The molecule has 0 rings (SSSR count). The van der Waals surface area contributed by atoms with Gasteiger partial charge in [0.2, 0.25) is 0 Å². The van der Waals surface area contributed by atoms with Gasteiger partial charge in [-0.2, -0.15) is 0 Å². The average Bonchev–Trinajstić information content (AvgIpc) is 3.38. The molecule has 0 radical (unpaired) electrons. The predicted molar refractivity (Wildman–Crippen MR) is 312 cm³/mol. The molecule has 0 saturated carbocycles. The van der Waals surface area contributed by atoms with Gasteiger partial charge in [0.05, 0.1) is 0 Å². The molecule has 1 unspecified atom stereocenters. The fourth-order valence-corrected chi connectivity index (χ4v) is 9.08. The van der Waals surface area contributed by atoms with Crippen molar-refractivity contribution in [1.29, 1.82) is 0 Å². The van der Waals surface area contributed by atoms with Crippen LogP contribution in [0.4, 0.5) is 0 Å². The molecule has 0 bridgehead atoms. The second-order valence-corrected chi connectivity index (χ2v) is 20.9. The smallest absolute Gasteiger partial charge is 0.306 e. The molecule has 0 amide bonds. The van der Waals surface area contributed by atoms with E-state index in [1.807, 2.05) is 0 Å². The van der Waals surface area contributed by atoms with Gasteiger partial charge in [0.15, 0.2) is 6.10 Å². The van der Waals surface area contributed by atoms with Crippen LogP contribution in [-0.4, -0.2) is 37.2 Å². The number of allylic oxidation sites excluding steroid dienone is 10. The molecule has 418 valence electrons. The van der Waals surface area contributed by atoms with Crippen LogP contribution in [0.1, 0.15) is 323 Å². The highest BCUT2D eigenvalue weighted by atomic mass is 16.6. The lowest BCUT2D eigenvalue weighted by molar-refractivity contribution is -0.167. The molecule has 6 nitrogen and oxygen atoms in total. The molecule has 0 spiro atoms. The predicted octanol–water partition coefficient (Wildman–Crippen LogP) is 21.2. The summed E-state index contributed by atoms with van der Waals surface area (Å²) in [6, 6.07) is 0. The first-order valence-electron chi connectivity index (χ1n) is 31.3. The Kier molecular flexibility index (Phi) is 58.2. The number of carbonyl (C=O) groups excluding carboxylic acids is 3. The van der Waals surface area contributed by atoms with Crippen molar-refractivity contribution in [2.45, 2.75) is 329 Å². The Hall–Kier alpha value is -2.89. The van der Waals surface area contributed by atoms with Crippen molar-refractivity contribution in [2.75, 3.05) is 13.2 Å². The second kappa shape index (κ2) is 60.7. The number of ether oxygens (including phenoxy) is 3. The van der Waals surface area contributed by atoms with Crippen molar-refractivity contribution in [3.8, 4) is 0 Å². The summed E-state index contributed by atoms with van der Waals surface area (Å²) in [7, 11) is 0. The van der Waals surface area contributed by atoms with Gasteiger partial charge in [-0.05, 0) is 83.5 Å². The van der Waals surface area contributed by atoms with Gasteiger partial charge in [-0.15, -0.1) is 0 Å². The van der Waals surface area contributed by atoms with E-state index in [1.54, 1.807) is 0 Å². The van der Waals surface area contributed by atoms with E-state index in [-0.39, 0.29) is 31.1 Å². The largest absolute Gasteiger partial charge is 0.462 e. The number of esters is 3. The molecular weight excluding hydrogens is 889 g/mol. The minimum Gasteiger partial charge on any atom is -0.462 e. The summed E-state index contributed by atoms with van der Waals surface area (Å²) in [5.74, 6) is -0.867. The summed E-state index contributed by atoms with van der Waals surface area (Å²) >= 11 is 0. The van der Waals surface area contributed by atoms with Crippen LogP contribution in [0.5, 0.6) is 0 Å². The topological polar surface area (TPSA) is 78.9 Å². The van der Waals surface area contributed by atoms with Crippen molar-refractivity contribution in [1.82, 2.24) is 0 Å². The van der Waals surface area contributed by atoms with Gasteiger partial charge in [-0.3, -0.25) is 14.4 Å². The first-order chi connectivity index (χ1) is 35.5. The zero-order chi connectivity index (χ0) is 52.2. The minimum absolute atomic E-state index is 0.0723. The van der Waals surface area contributed by atoms with E-state index in [1.165, 1.54) is 193 Å². The van der Waals surface area contributed by atoms with E-state index in [0.29, 0.717) is 19.3 Å². The van der Waals surface area contributed by atoms with Crippen molar-refractivity contribution in [2.24, 2.45) is 0 Å². The van der Waals surface area contributed by atoms with E-state index >= 15 is 0 Å². The van der Waals surface area contributed by atoms with Crippen LogP contribution in [0, 0.1) is 0 Å². The molecule has 0 fully saturated rings. The Balaban J connectivity index is 4.07. The third-order valence-electron chi connectivity index (χ3n) is 13.8. The van der Waals surface area contributed by atoms with Crippen LogP contribution < -0.4 is 0 Å². The maximum atomic E-state index is 12.8. The summed E-state index contributed by atoms with van der Waals surface area (Å²) in [6.45, 7) is 6.52. The molecule has 0 N–H and O–H groups in total. The van der Waals surface area contributed by atoms with E-state index in [9.17, 15) is 14.4 Å². The summed E-state index contributed by atoms with van der Waals surface area (Å²) < 4.78 is 16.9. The highest BCUT2D eigenvalue weighted by Crippen LogP contribution is 2.17. The van der Waals surface area contributed by atoms with Crippen molar-refractivity contribution >= 4 is 17.9 Å². The van der Waals surface area contributed by atoms with E-state index in [2.05, 4.69) is 81.5 Å². The van der Waals surface area contributed by atoms with Gasteiger partial charge in [0.1, 0.15) is 13.2 Å². The summed E-state index contributed by atoms with van der Waals surface area (Å²) in [6.07, 6.45) is 76.7. The van der Waals surface area contributed by atoms with Gasteiger partial charge in [0, 0.05) is 19.3 Å². The number of hydrogen-bond donors (Lipinski definition) is 0. The lowest BCUT2D eigenvalue weighted by Gasteiger charge is -2.18.